The van der Waals surface area contributed by atoms with Gasteiger partial charge in [0.05, 0.1) is 22.3 Å². The number of rotatable bonds is 2. The zero-order valence-electron chi connectivity index (χ0n) is 11.3. The number of Topliss-reactive ketones (excluding diaryl/α,β-unsaturated/α-hetero) is 1. The summed E-state index contributed by atoms with van der Waals surface area (Å²) in [5, 5.41) is 3.47. The summed E-state index contributed by atoms with van der Waals surface area (Å²) in [6.07, 6.45) is 7.20. The van der Waals surface area contributed by atoms with Crippen molar-refractivity contribution in [3.8, 4) is 0 Å². The van der Waals surface area contributed by atoms with E-state index in [0.717, 1.165) is 0 Å². The minimum atomic E-state index is -3.00. The average Bonchev–Trinajstić information content (AvgIpc) is 2.90. The van der Waals surface area contributed by atoms with Gasteiger partial charge in [0.1, 0.15) is 0 Å². The summed E-state index contributed by atoms with van der Waals surface area (Å²) in [6.45, 7) is 0. The van der Waals surface area contributed by atoms with Crippen molar-refractivity contribution in [3.63, 3.8) is 0 Å². The standard InChI is InChI=1S/C14H15N3O3S/c18-13(12-8-16-17-5-1-4-15-14(12)17)9-6-10-2-3-11(7-9)21(10,19)20/h1,4-5,8-11H,2-3,6-7H2. The molecule has 6 nitrogen and oxygen atoms in total. The normalized spacial score (nSPS) is 30.6. The molecule has 0 aromatic carbocycles. The van der Waals surface area contributed by atoms with Crippen LogP contribution in [0.5, 0.6) is 0 Å². The van der Waals surface area contributed by atoms with E-state index in [4.69, 9.17) is 0 Å². The van der Waals surface area contributed by atoms with E-state index < -0.39 is 9.84 Å². The molecule has 7 heteroatoms. The lowest BCUT2D eigenvalue weighted by Gasteiger charge is -2.26. The van der Waals surface area contributed by atoms with Crippen LogP contribution in [0.2, 0.25) is 0 Å². The first-order valence-electron chi connectivity index (χ1n) is 7.12. The van der Waals surface area contributed by atoms with Crippen molar-refractivity contribution in [2.75, 3.05) is 0 Å². The van der Waals surface area contributed by atoms with Crippen molar-refractivity contribution in [2.24, 2.45) is 5.92 Å². The Bertz CT molecular complexity index is 807. The Kier molecular flexibility index (Phi) is 2.69. The summed E-state index contributed by atoms with van der Waals surface area (Å²) >= 11 is 0. The first-order chi connectivity index (χ1) is 10.1. The molecular weight excluding hydrogens is 290 g/mol. The van der Waals surface area contributed by atoms with Gasteiger partial charge < -0.3 is 0 Å². The fraction of sp³-hybridized carbons (Fsp3) is 0.500. The molecule has 0 amide bonds. The highest BCUT2D eigenvalue weighted by Crippen LogP contribution is 2.42. The lowest BCUT2D eigenvalue weighted by atomic mass is 9.91. The number of aromatic nitrogens is 3. The molecule has 2 aromatic rings. The van der Waals surface area contributed by atoms with E-state index in [1.54, 1.807) is 23.0 Å². The molecule has 2 saturated heterocycles. The molecule has 21 heavy (non-hydrogen) atoms. The van der Waals surface area contributed by atoms with Gasteiger partial charge in [-0.25, -0.2) is 17.9 Å². The minimum Gasteiger partial charge on any atom is -0.294 e. The zero-order valence-corrected chi connectivity index (χ0v) is 12.2. The van der Waals surface area contributed by atoms with Crippen molar-refractivity contribution in [2.45, 2.75) is 36.2 Å². The molecular formula is C14H15N3O3S. The lowest BCUT2D eigenvalue weighted by molar-refractivity contribution is 0.0907. The van der Waals surface area contributed by atoms with E-state index in [9.17, 15) is 13.2 Å². The van der Waals surface area contributed by atoms with Gasteiger partial charge in [0, 0.05) is 18.3 Å². The van der Waals surface area contributed by atoms with Gasteiger partial charge in [-0.05, 0) is 31.7 Å². The second-order valence-corrected chi connectivity index (χ2v) is 8.40. The SMILES string of the molecule is O=C(c1cnn2cccnc12)C1CC2CCC(C1)S2(=O)=O. The van der Waals surface area contributed by atoms with Crippen LogP contribution in [-0.4, -0.2) is 39.3 Å². The third-order valence-corrected chi connectivity index (χ3v) is 7.46. The van der Waals surface area contributed by atoms with Crippen LogP contribution in [0.25, 0.3) is 5.65 Å². The predicted molar refractivity (Wildman–Crippen MR) is 75.8 cm³/mol. The molecule has 0 N–H and O–H groups in total. The van der Waals surface area contributed by atoms with Crippen LogP contribution in [0, 0.1) is 5.92 Å². The lowest BCUT2D eigenvalue weighted by Crippen LogP contribution is -2.36. The van der Waals surface area contributed by atoms with Crippen molar-refractivity contribution in [1.29, 1.82) is 0 Å². The van der Waals surface area contributed by atoms with Crippen LogP contribution in [0.3, 0.4) is 0 Å². The molecule has 2 aliphatic rings. The maximum absolute atomic E-state index is 12.7. The summed E-state index contributed by atoms with van der Waals surface area (Å²) in [7, 11) is -3.00. The molecule has 2 aliphatic heterocycles. The van der Waals surface area contributed by atoms with E-state index in [-0.39, 0.29) is 22.2 Å². The summed E-state index contributed by atoms with van der Waals surface area (Å²) in [5.74, 6) is -0.239. The minimum absolute atomic E-state index is 0.0181. The van der Waals surface area contributed by atoms with E-state index in [1.807, 2.05) is 0 Å². The van der Waals surface area contributed by atoms with Gasteiger partial charge >= 0.3 is 0 Å². The monoisotopic (exact) mass is 305 g/mol. The largest absolute Gasteiger partial charge is 0.294 e. The number of carbonyl (C=O) groups is 1. The second-order valence-electron chi connectivity index (χ2n) is 5.89. The Morgan fingerprint density at radius 1 is 1.24 bits per heavy atom. The molecule has 4 rings (SSSR count). The molecule has 4 heterocycles. The third-order valence-electron chi connectivity index (χ3n) is 4.75. The molecule has 2 atom stereocenters. The van der Waals surface area contributed by atoms with Crippen LogP contribution >= 0.6 is 0 Å². The number of nitrogens with zero attached hydrogens (tertiary/aromatic N) is 3. The summed E-state index contributed by atoms with van der Waals surface area (Å²) < 4.78 is 25.8. The molecule has 0 spiro atoms. The van der Waals surface area contributed by atoms with E-state index in [0.29, 0.717) is 36.9 Å². The van der Waals surface area contributed by atoms with Gasteiger partial charge in [-0.1, -0.05) is 0 Å². The third kappa shape index (κ3) is 1.83. The summed E-state index contributed by atoms with van der Waals surface area (Å²) in [5.41, 5.74) is 1.04. The van der Waals surface area contributed by atoms with Crippen LogP contribution in [0.15, 0.2) is 24.7 Å². The Labute approximate surface area is 122 Å². The molecule has 2 aromatic heterocycles. The highest BCUT2D eigenvalue weighted by molar-refractivity contribution is 7.93. The molecule has 0 aliphatic carbocycles. The summed E-state index contributed by atoms with van der Waals surface area (Å²) in [6, 6.07) is 1.75. The second kappa shape index (κ2) is 4.37. The number of hydrogen-bond acceptors (Lipinski definition) is 5. The smallest absolute Gasteiger partial charge is 0.171 e. The Balaban J connectivity index is 1.68. The molecule has 2 unspecified atom stereocenters. The molecule has 0 radical (unpaired) electrons. The Hall–Kier alpha value is -1.76. The van der Waals surface area contributed by atoms with Gasteiger partial charge in [0.2, 0.25) is 0 Å². The van der Waals surface area contributed by atoms with Gasteiger partial charge in [0.25, 0.3) is 0 Å². The fourth-order valence-corrected chi connectivity index (χ4v) is 6.12. The highest BCUT2D eigenvalue weighted by Gasteiger charge is 2.48. The van der Waals surface area contributed by atoms with E-state index in [1.165, 1.54) is 6.20 Å². The fourth-order valence-electron chi connectivity index (χ4n) is 3.64. The van der Waals surface area contributed by atoms with Crippen LogP contribution in [0.4, 0.5) is 0 Å². The molecule has 0 saturated carbocycles. The number of sulfone groups is 1. The summed E-state index contributed by atoms with van der Waals surface area (Å²) in [4.78, 5) is 16.9. The number of ketones is 1. The quantitative estimate of drug-likeness (QED) is 0.780. The van der Waals surface area contributed by atoms with Crippen molar-refractivity contribution in [1.82, 2.24) is 14.6 Å². The number of fused-ring (bicyclic) bond motifs is 3. The molecule has 2 fully saturated rings. The van der Waals surface area contributed by atoms with Crippen LogP contribution in [-0.2, 0) is 9.84 Å². The maximum Gasteiger partial charge on any atom is 0.171 e. The Morgan fingerprint density at radius 3 is 2.67 bits per heavy atom. The van der Waals surface area contributed by atoms with Crippen molar-refractivity contribution < 1.29 is 13.2 Å². The molecule has 2 bridgehead atoms. The zero-order chi connectivity index (χ0) is 14.6. The topological polar surface area (TPSA) is 81.4 Å². The van der Waals surface area contributed by atoms with Crippen LogP contribution < -0.4 is 0 Å². The number of hydrogen-bond donors (Lipinski definition) is 0. The van der Waals surface area contributed by atoms with Crippen molar-refractivity contribution in [3.05, 3.63) is 30.2 Å². The van der Waals surface area contributed by atoms with Crippen LogP contribution in [0.1, 0.15) is 36.0 Å². The maximum atomic E-state index is 12.7. The van der Waals surface area contributed by atoms with E-state index >= 15 is 0 Å². The first kappa shape index (κ1) is 12.9. The highest BCUT2D eigenvalue weighted by atomic mass is 32.2. The number of carbonyl (C=O) groups excluding carboxylic acids is 1. The van der Waals surface area contributed by atoms with Gasteiger partial charge in [-0.2, -0.15) is 5.10 Å². The first-order valence-corrected chi connectivity index (χ1v) is 8.73. The van der Waals surface area contributed by atoms with Gasteiger partial charge in [-0.3, -0.25) is 4.79 Å². The van der Waals surface area contributed by atoms with Gasteiger partial charge in [0.15, 0.2) is 21.3 Å². The van der Waals surface area contributed by atoms with Gasteiger partial charge in [-0.15, -0.1) is 0 Å². The van der Waals surface area contributed by atoms with E-state index in [2.05, 4.69) is 10.1 Å². The Morgan fingerprint density at radius 2 is 1.95 bits per heavy atom. The predicted octanol–water partition coefficient (Wildman–Crippen LogP) is 1.27. The average molecular weight is 305 g/mol. The molecule has 110 valence electrons. The van der Waals surface area contributed by atoms with Crippen molar-refractivity contribution >= 4 is 21.3 Å².